The van der Waals surface area contributed by atoms with E-state index in [2.05, 4.69) is 5.32 Å². The Morgan fingerprint density at radius 2 is 1.67 bits per heavy atom. The molecule has 2 aromatic rings. The van der Waals surface area contributed by atoms with Crippen molar-refractivity contribution < 1.29 is 28.6 Å². The molecule has 8 heteroatoms. The number of esters is 2. The second-order valence-corrected chi connectivity index (χ2v) is 9.84. The van der Waals surface area contributed by atoms with Gasteiger partial charge in [0, 0.05) is 48.6 Å². The lowest BCUT2D eigenvalue weighted by Crippen LogP contribution is -2.43. The lowest BCUT2D eigenvalue weighted by atomic mass is 9.67. The number of hydrogen-bond donors (Lipinski definition) is 1. The molecule has 1 aliphatic heterocycles. The molecular weight excluding hydrogens is 496 g/mol. The second-order valence-electron chi connectivity index (χ2n) is 9.84. The molecule has 0 spiro atoms. The number of Topliss-reactive ketones (excluding diaryl/α,β-unsaturated/α-hetero) is 1. The van der Waals surface area contributed by atoms with Gasteiger partial charge >= 0.3 is 11.9 Å². The summed E-state index contributed by atoms with van der Waals surface area (Å²) >= 11 is 0. The first-order chi connectivity index (χ1) is 18.7. The van der Waals surface area contributed by atoms with Gasteiger partial charge in [-0.05, 0) is 56.5 Å². The number of rotatable bonds is 8. The number of nitrogens with one attached hydrogen (secondary N) is 1. The molecule has 0 bridgehead atoms. The van der Waals surface area contributed by atoms with E-state index in [-0.39, 0.29) is 19.0 Å². The summed E-state index contributed by atoms with van der Waals surface area (Å²) in [7, 11) is 5.46. The van der Waals surface area contributed by atoms with Crippen molar-refractivity contribution in [3.63, 3.8) is 0 Å². The summed E-state index contributed by atoms with van der Waals surface area (Å²) in [5.41, 5.74) is 4.56. The molecule has 2 aliphatic rings. The summed E-state index contributed by atoms with van der Waals surface area (Å²) in [4.78, 5) is 43.0. The summed E-state index contributed by atoms with van der Waals surface area (Å²) in [6.07, 6.45) is 0.366. The molecule has 206 valence electrons. The Bertz CT molecular complexity index is 1320. The number of para-hydroxylation sites is 1. The Kier molecular flexibility index (Phi) is 8.43. The molecule has 8 nitrogen and oxygen atoms in total. The highest BCUT2D eigenvalue weighted by molar-refractivity contribution is 6.13. The summed E-state index contributed by atoms with van der Waals surface area (Å²) < 4.78 is 16.4. The van der Waals surface area contributed by atoms with Crippen LogP contribution in [0.5, 0.6) is 5.75 Å². The molecule has 4 rings (SSSR count). The molecule has 0 aromatic heterocycles. The molecule has 1 heterocycles. The van der Waals surface area contributed by atoms with E-state index in [9.17, 15) is 14.4 Å². The highest BCUT2D eigenvalue weighted by Gasteiger charge is 2.49. The predicted molar refractivity (Wildman–Crippen MR) is 148 cm³/mol. The number of anilines is 1. The molecule has 0 saturated heterocycles. The quantitative estimate of drug-likeness (QED) is 0.393. The first-order valence-electron chi connectivity index (χ1n) is 13.2. The number of methoxy groups -OCH3 is 1. The maximum atomic E-state index is 14.4. The van der Waals surface area contributed by atoms with Crippen LogP contribution in [0.2, 0.25) is 0 Å². The Labute approximate surface area is 229 Å². The van der Waals surface area contributed by atoms with E-state index in [1.54, 1.807) is 21.0 Å². The van der Waals surface area contributed by atoms with E-state index in [1.807, 2.05) is 74.4 Å². The Balaban J connectivity index is 1.91. The summed E-state index contributed by atoms with van der Waals surface area (Å²) in [5, 5.41) is 3.33. The second kappa shape index (κ2) is 11.8. The number of carbonyl (C=O) groups excluding carboxylic acids is 3. The molecule has 0 saturated carbocycles. The molecule has 1 N–H and O–H groups in total. The molecule has 0 fully saturated rings. The lowest BCUT2D eigenvalue weighted by Gasteiger charge is -2.39. The third-order valence-electron chi connectivity index (χ3n) is 7.34. The van der Waals surface area contributed by atoms with Crippen molar-refractivity contribution in [3.8, 4) is 5.75 Å². The Hall–Kier alpha value is -4.07. The normalized spacial score (nSPS) is 20.7. The zero-order valence-corrected chi connectivity index (χ0v) is 23.4. The van der Waals surface area contributed by atoms with Crippen molar-refractivity contribution in [3.05, 3.63) is 82.2 Å². The summed E-state index contributed by atoms with van der Waals surface area (Å²) in [6, 6.07) is 15.1. The van der Waals surface area contributed by atoms with Crippen LogP contribution in [0.1, 0.15) is 50.2 Å². The number of ketones is 1. The van der Waals surface area contributed by atoms with Gasteiger partial charge in [0.25, 0.3) is 0 Å². The van der Waals surface area contributed by atoms with Crippen molar-refractivity contribution in [2.45, 2.75) is 39.0 Å². The van der Waals surface area contributed by atoms with Crippen LogP contribution in [0, 0.1) is 5.92 Å². The zero-order chi connectivity index (χ0) is 28.3. The van der Waals surface area contributed by atoms with Crippen molar-refractivity contribution >= 4 is 23.4 Å². The minimum atomic E-state index is -1.09. The van der Waals surface area contributed by atoms with E-state index in [0.29, 0.717) is 34.7 Å². The summed E-state index contributed by atoms with van der Waals surface area (Å²) in [6.45, 7) is 5.63. The SMILES string of the molecule is CCOC(=O)C1=C(C)NC2=C(C(=O)[C@H](C(=O)OCC)[C@@H](c3ccccc3OC)C2)[C@H]1c1ccc(N(C)C)cc1. The van der Waals surface area contributed by atoms with Gasteiger partial charge in [0.15, 0.2) is 5.78 Å². The van der Waals surface area contributed by atoms with Gasteiger partial charge in [-0.2, -0.15) is 0 Å². The number of carbonyl (C=O) groups is 3. The molecular formula is C31H36N2O6. The number of hydrogen-bond acceptors (Lipinski definition) is 8. The van der Waals surface area contributed by atoms with E-state index in [0.717, 1.165) is 16.8 Å². The van der Waals surface area contributed by atoms with Crippen LogP contribution < -0.4 is 15.0 Å². The van der Waals surface area contributed by atoms with Crippen LogP contribution in [0.15, 0.2) is 71.1 Å². The third kappa shape index (κ3) is 5.28. The van der Waals surface area contributed by atoms with Crippen LogP contribution >= 0.6 is 0 Å². The Morgan fingerprint density at radius 3 is 2.28 bits per heavy atom. The minimum Gasteiger partial charge on any atom is -0.496 e. The largest absolute Gasteiger partial charge is 0.496 e. The molecule has 0 amide bonds. The van der Waals surface area contributed by atoms with Gasteiger partial charge in [0.1, 0.15) is 11.7 Å². The lowest BCUT2D eigenvalue weighted by molar-refractivity contribution is -0.152. The summed E-state index contributed by atoms with van der Waals surface area (Å²) in [5.74, 6) is -3.15. The van der Waals surface area contributed by atoms with E-state index >= 15 is 0 Å². The fourth-order valence-corrected chi connectivity index (χ4v) is 5.58. The Morgan fingerprint density at radius 1 is 1.00 bits per heavy atom. The van der Waals surface area contributed by atoms with Gasteiger partial charge in [-0.1, -0.05) is 30.3 Å². The number of allylic oxidation sites excluding steroid dienone is 3. The van der Waals surface area contributed by atoms with Crippen molar-refractivity contribution in [1.29, 1.82) is 0 Å². The van der Waals surface area contributed by atoms with Gasteiger partial charge in [0.05, 0.1) is 25.9 Å². The molecule has 1 aliphatic carbocycles. The molecule has 2 aromatic carbocycles. The molecule has 39 heavy (non-hydrogen) atoms. The monoisotopic (exact) mass is 532 g/mol. The minimum absolute atomic E-state index is 0.147. The van der Waals surface area contributed by atoms with Crippen LogP contribution in [0.3, 0.4) is 0 Å². The standard InChI is InChI=1S/C31H36N2O6/c1-7-38-30(35)25-18(3)32-23-17-22(21-11-9-10-12-24(21)37-6)27(31(36)39-8-2)29(34)28(23)26(25)19-13-15-20(16-14-19)33(4)5/h9-16,22,26-27,32H,7-8,17H2,1-6H3/t22-,26+,27-/m1/s1. The average Bonchev–Trinajstić information content (AvgIpc) is 2.92. The number of ether oxygens (including phenoxy) is 3. The van der Waals surface area contributed by atoms with Crippen molar-refractivity contribution in [2.24, 2.45) is 5.92 Å². The van der Waals surface area contributed by atoms with Gasteiger partial charge in [-0.25, -0.2) is 4.79 Å². The van der Waals surface area contributed by atoms with Crippen LogP contribution in [0.25, 0.3) is 0 Å². The average molecular weight is 533 g/mol. The fourth-order valence-electron chi connectivity index (χ4n) is 5.58. The van der Waals surface area contributed by atoms with E-state index < -0.39 is 29.7 Å². The molecule has 0 unspecified atom stereocenters. The fraction of sp³-hybridized carbons (Fsp3) is 0.387. The number of benzene rings is 2. The predicted octanol–water partition coefficient (Wildman–Crippen LogP) is 4.48. The van der Waals surface area contributed by atoms with E-state index in [1.165, 1.54) is 0 Å². The van der Waals surface area contributed by atoms with Crippen molar-refractivity contribution in [1.82, 2.24) is 5.32 Å². The zero-order valence-electron chi connectivity index (χ0n) is 23.4. The van der Waals surface area contributed by atoms with Gasteiger partial charge in [0.2, 0.25) is 0 Å². The number of dihydropyridines is 1. The van der Waals surface area contributed by atoms with Gasteiger partial charge in [-0.3, -0.25) is 9.59 Å². The maximum Gasteiger partial charge on any atom is 0.336 e. The molecule has 3 atom stereocenters. The number of nitrogens with zero attached hydrogens (tertiary/aromatic N) is 1. The van der Waals surface area contributed by atoms with Crippen LogP contribution in [-0.2, 0) is 23.9 Å². The first kappa shape index (κ1) is 28.0. The van der Waals surface area contributed by atoms with Crippen LogP contribution in [0.4, 0.5) is 5.69 Å². The smallest absolute Gasteiger partial charge is 0.336 e. The maximum absolute atomic E-state index is 14.4. The van der Waals surface area contributed by atoms with E-state index in [4.69, 9.17) is 14.2 Å². The highest BCUT2D eigenvalue weighted by atomic mass is 16.5. The van der Waals surface area contributed by atoms with Crippen molar-refractivity contribution in [2.75, 3.05) is 39.3 Å². The topological polar surface area (TPSA) is 94.2 Å². The molecule has 0 radical (unpaired) electrons. The highest BCUT2D eigenvalue weighted by Crippen LogP contribution is 2.49. The van der Waals surface area contributed by atoms with Crippen LogP contribution in [-0.4, -0.2) is 52.1 Å². The first-order valence-corrected chi connectivity index (χ1v) is 13.2. The third-order valence-corrected chi connectivity index (χ3v) is 7.34. The van der Waals surface area contributed by atoms with Gasteiger partial charge < -0.3 is 24.4 Å². The van der Waals surface area contributed by atoms with Gasteiger partial charge in [-0.15, -0.1) is 0 Å².